The minimum Gasteiger partial charge on any atom is -0.363 e. The molecule has 3 aliphatic heterocycles. The van der Waals surface area contributed by atoms with Gasteiger partial charge >= 0.3 is 0 Å². The first-order chi connectivity index (χ1) is 17.8. The standard InChI is InChI=1S/C33H35N2O/c1-2-27-23-35(22-25-11-5-3-6-12-25)20-18-28(27)21-32(35)33(36-24-26-13-7-4-8-14-26)30-17-19-34-31-16-10-9-15-29(30)31/h2-17,19,27-28,32-33H,1,18,20-24H2/q+1/t27-,28-,32-,33+,35+/m0/s1. The van der Waals surface area contributed by atoms with Crippen LogP contribution in [0.1, 0.15) is 35.6 Å². The number of rotatable bonds is 8. The minimum absolute atomic E-state index is 0.00427. The van der Waals surface area contributed by atoms with Crippen molar-refractivity contribution in [2.45, 2.75) is 38.1 Å². The molecular formula is C33H35N2O+. The molecule has 182 valence electrons. The largest absolute Gasteiger partial charge is 0.363 e. The highest BCUT2D eigenvalue weighted by atomic mass is 16.5. The number of fused-ring (bicyclic) bond motifs is 4. The molecule has 0 unspecified atom stereocenters. The van der Waals surface area contributed by atoms with E-state index in [-0.39, 0.29) is 6.10 Å². The van der Waals surface area contributed by atoms with E-state index in [4.69, 9.17) is 4.74 Å². The number of piperidine rings is 3. The van der Waals surface area contributed by atoms with E-state index in [1.165, 1.54) is 41.5 Å². The van der Waals surface area contributed by atoms with Gasteiger partial charge in [-0.15, -0.1) is 6.58 Å². The molecule has 3 aliphatic rings. The van der Waals surface area contributed by atoms with Crippen molar-refractivity contribution in [2.75, 3.05) is 13.1 Å². The highest BCUT2D eigenvalue weighted by molar-refractivity contribution is 5.82. The molecule has 0 spiro atoms. The van der Waals surface area contributed by atoms with E-state index in [9.17, 15) is 0 Å². The first-order valence-corrected chi connectivity index (χ1v) is 13.3. The van der Waals surface area contributed by atoms with E-state index in [0.29, 0.717) is 24.5 Å². The molecule has 4 aromatic rings. The number of benzene rings is 3. The van der Waals surface area contributed by atoms with Crippen molar-refractivity contribution in [1.82, 2.24) is 4.98 Å². The van der Waals surface area contributed by atoms with Crippen molar-refractivity contribution in [1.29, 1.82) is 0 Å². The van der Waals surface area contributed by atoms with Gasteiger partial charge < -0.3 is 9.22 Å². The van der Waals surface area contributed by atoms with Crippen molar-refractivity contribution in [3.8, 4) is 0 Å². The Kier molecular flexibility index (Phi) is 6.43. The van der Waals surface area contributed by atoms with Crippen LogP contribution in [-0.4, -0.2) is 28.6 Å². The lowest BCUT2D eigenvalue weighted by Gasteiger charge is -2.58. The molecule has 4 heterocycles. The van der Waals surface area contributed by atoms with Crippen LogP contribution in [0, 0.1) is 11.8 Å². The maximum Gasteiger partial charge on any atom is 0.135 e. The summed E-state index contributed by atoms with van der Waals surface area (Å²) in [7, 11) is 0. The van der Waals surface area contributed by atoms with Crippen LogP contribution >= 0.6 is 0 Å². The predicted octanol–water partition coefficient (Wildman–Crippen LogP) is 7.10. The SMILES string of the molecule is C=C[C@H]1C[N@+]2(Cc3ccccc3)CC[C@H]1C[C@H]2[C@H](OCc1ccccc1)c1ccnc2ccccc12. The number of pyridine rings is 1. The summed E-state index contributed by atoms with van der Waals surface area (Å²) >= 11 is 0. The van der Waals surface area contributed by atoms with E-state index < -0.39 is 0 Å². The summed E-state index contributed by atoms with van der Waals surface area (Å²) < 4.78 is 8.04. The molecule has 0 radical (unpaired) electrons. The molecule has 36 heavy (non-hydrogen) atoms. The van der Waals surface area contributed by atoms with Gasteiger partial charge in [0.2, 0.25) is 0 Å². The zero-order valence-corrected chi connectivity index (χ0v) is 20.9. The fourth-order valence-electron chi connectivity index (χ4n) is 6.85. The summed E-state index contributed by atoms with van der Waals surface area (Å²) in [5.41, 5.74) is 4.94. The quantitative estimate of drug-likeness (QED) is 0.200. The molecule has 1 aromatic heterocycles. The van der Waals surface area contributed by atoms with Crippen LogP contribution in [0.4, 0.5) is 0 Å². The van der Waals surface area contributed by atoms with Crippen LogP contribution in [0.3, 0.4) is 0 Å². The van der Waals surface area contributed by atoms with Crippen LogP contribution in [0.15, 0.2) is 110 Å². The van der Waals surface area contributed by atoms with Crippen molar-refractivity contribution >= 4 is 10.9 Å². The molecule has 5 atom stereocenters. The Balaban J connectivity index is 1.44. The van der Waals surface area contributed by atoms with Gasteiger partial charge in [-0.2, -0.15) is 0 Å². The number of ether oxygens (including phenoxy) is 1. The van der Waals surface area contributed by atoms with Gasteiger partial charge in [-0.3, -0.25) is 4.98 Å². The lowest BCUT2D eigenvalue weighted by atomic mass is 9.71. The zero-order valence-electron chi connectivity index (χ0n) is 20.9. The van der Waals surface area contributed by atoms with Crippen LogP contribution in [0.25, 0.3) is 10.9 Å². The third-order valence-electron chi connectivity index (χ3n) is 8.63. The molecule has 0 saturated carbocycles. The van der Waals surface area contributed by atoms with Gasteiger partial charge in [0.15, 0.2) is 0 Å². The van der Waals surface area contributed by atoms with Gasteiger partial charge in [-0.1, -0.05) is 84.9 Å². The van der Waals surface area contributed by atoms with Gasteiger partial charge in [-0.25, -0.2) is 0 Å². The van der Waals surface area contributed by atoms with Crippen molar-refractivity contribution in [3.63, 3.8) is 0 Å². The molecule has 0 N–H and O–H groups in total. The normalized spacial score (nSPS) is 26.1. The fraction of sp³-hybridized carbons (Fsp3) is 0.303. The van der Waals surface area contributed by atoms with Crippen molar-refractivity contribution < 1.29 is 9.22 Å². The van der Waals surface area contributed by atoms with E-state index in [1.54, 1.807) is 0 Å². The van der Waals surface area contributed by atoms with Gasteiger partial charge in [0, 0.05) is 35.9 Å². The molecule has 7 rings (SSSR count). The number of hydrogen-bond acceptors (Lipinski definition) is 2. The van der Waals surface area contributed by atoms with Crippen molar-refractivity contribution in [3.05, 3.63) is 127 Å². The number of hydrogen-bond donors (Lipinski definition) is 0. The van der Waals surface area contributed by atoms with E-state index in [0.717, 1.165) is 23.1 Å². The van der Waals surface area contributed by atoms with Gasteiger partial charge in [0.05, 0.1) is 25.2 Å². The second-order valence-corrected chi connectivity index (χ2v) is 10.7. The third kappa shape index (κ3) is 4.38. The Bertz CT molecular complexity index is 1320. The van der Waals surface area contributed by atoms with Crippen LogP contribution in [-0.2, 0) is 17.9 Å². The first kappa shape index (κ1) is 23.1. The molecular weight excluding hydrogens is 440 g/mol. The topological polar surface area (TPSA) is 22.1 Å². The van der Waals surface area contributed by atoms with E-state index in [2.05, 4.69) is 109 Å². The highest BCUT2D eigenvalue weighted by Crippen LogP contribution is 2.49. The van der Waals surface area contributed by atoms with Crippen molar-refractivity contribution in [2.24, 2.45) is 11.8 Å². The Hall–Kier alpha value is -3.27. The Labute approximate surface area is 214 Å². The first-order valence-electron chi connectivity index (χ1n) is 13.3. The summed E-state index contributed by atoms with van der Waals surface area (Å²) in [6, 6.07) is 32.7. The smallest absolute Gasteiger partial charge is 0.135 e. The summed E-state index contributed by atoms with van der Waals surface area (Å²) in [4.78, 5) is 4.67. The van der Waals surface area contributed by atoms with Gasteiger partial charge in [0.25, 0.3) is 0 Å². The Morgan fingerprint density at radius 1 is 0.917 bits per heavy atom. The summed E-state index contributed by atoms with van der Waals surface area (Å²) in [6.07, 6.45) is 6.61. The molecule has 3 aromatic carbocycles. The lowest BCUT2D eigenvalue weighted by molar-refractivity contribution is -0.985. The molecule has 3 saturated heterocycles. The van der Waals surface area contributed by atoms with E-state index in [1.807, 2.05) is 6.20 Å². The maximum absolute atomic E-state index is 6.98. The van der Waals surface area contributed by atoms with Gasteiger partial charge in [0.1, 0.15) is 18.7 Å². The highest BCUT2D eigenvalue weighted by Gasteiger charge is 2.54. The fourth-order valence-corrected chi connectivity index (χ4v) is 6.85. The van der Waals surface area contributed by atoms with E-state index >= 15 is 0 Å². The monoisotopic (exact) mass is 475 g/mol. The molecule has 0 aliphatic carbocycles. The number of nitrogens with zero attached hydrogens (tertiary/aromatic N) is 2. The summed E-state index contributed by atoms with van der Waals surface area (Å²) in [5, 5.41) is 1.21. The maximum atomic E-state index is 6.98. The molecule has 3 nitrogen and oxygen atoms in total. The summed E-state index contributed by atoms with van der Waals surface area (Å²) in [5.74, 6) is 1.25. The van der Waals surface area contributed by atoms with Gasteiger partial charge in [-0.05, 0) is 29.2 Å². The van der Waals surface area contributed by atoms with Crippen LogP contribution < -0.4 is 0 Å². The Morgan fingerprint density at radius 2 is 1.64 bits per heavy atom. The average molecular weight is 476 g/mol. The summed E-state index contributed by atoms with van der Waals surface area (Å²) in [6.45, 7) is 8.22. The zero-order chi connectivity index (χ0) is 24.4. The van der Waals surface area contributed by atoms with Crippen LogP contribution in [0.5, 0.6) is 0 Å². The number of quaternary nitrogens is 1. The number of aromatic nitrogens is 1. The van der Waals surface area contributed by atoms with Crippen LogP contribution in [0.2, 0.25) is 0 Å². The Morgan fingerprint density at radius 3 is 2.42 bits per heavy atom. The predicted molar refractivity (Wildman–Crippen MR) is 146 cm³/mol. The average Bonchev–Trinajstić information content (AvgIpc) is 2.94. The second kappa shape index (κ2) is 10.0. The lowest BCUT2D eigenvalue weighted by Crippen LogP contribution is -2.67. The second-order valence-electron chi connectivity index (χ2n) is 10.7. The molecule has 0 amide bonds. The molecule has 2 bridgehead atoms. The minimum atomic E-state index is -0.00427. The number of para-hydroxylation sites is 1. The molecule has 3 heteroatoms. The third-order valence-corrected chi connectivity index (χ3v) is 8.63. The molecule has 3 fully saturated rings.